The van der Waals surface area contributed by atoms with Gasteiger partial charge in [-0.1, -0.05) is 12.1 Å². The lowest BCUT2D eigenvalue weighted by atomic mass is 10.2. The van der Waals surface area contributed by atoms with Crippen LogP contribution in [0.25, 0.3) is 0 Å². The summed E-state index contributed by atoms with van der Waals surface area (Å²) in [6.45, 7) is 4.38. The smallest absolute Gasteiger partial charge is 0.321 e. The van der Waals surface area contributed by atoms with E-state index in [1.807, 2.05) is 30.7 Å². The lowest BCUT2D eigenvalue weighted by Gasteiger charge is -2.09. The van der Waals surface area contributed by atoms with E-state index in [4.69, 9.17) is 0 Å². The molecule has 0 aliphatic rings. The number of halogens is 3. The topological polar surface area (TPSA) is 64.7 Å². The molecular weight excluding hydrogens is 359 g/mol. The van der Waals surface area contributed by atoms with E-state index in [0.717, 1.165) is 27.7 Å². The first-order valence-corrected chi connectivity index (χ1v) is 8.16. The van der Waals surface area contributed by atoms with Crippen molar-refractivity contribution >= 4 is 11.6 Å². The molecule has 0 unspecified atom stereocenters. The Hall–Kier alpha value is -3.10. The maximum atomic E-state index is 12.7. The predicted octanol–water partition coefficient (Wildman–Crippen LogP) is 3.55. The number of carbonyl (C=O) groups is 1. The molecule has 1 N–H and O–H groups in total. The molecule has 3 rings (SSSR count). The van der Waals surface area contributed by atoms with Crippen LogP contribution in [0.15, 0.2) is 36.4 Å². The third-order valence-electron chi connectivity index (χ3n) is 4.02. The summed E-state index contributed by atoms with van der Waals surface area (Å²) in [5.74, 6) is -0.663. The van der Waals surface area contributed by atoms with Crippen molar-refractivity contribution in [1.29, 1.82) is 0 Å². The average Bonchev–Trinajstić information content (AvgIpc) is 3.10. The third-order valence-corrected chi connectivity index (χ3v) is 4.02. The number of nitrogens with zero attached hydrogens (tertiary/aromatic N) is 4. The number of anilines is 1. The van der Waals surface area contributed by atoms with Crippen molar-refractivity contribution in [2.24, 2.45) is 7.05 Å². The zero-order chi connectivity index (χ0) is 19.8. The van der Waals surface area contributed by atoms with Crippen molar-refractivity contribution in [2.45, 2.75) is 26.6 Å². The van der Waals surface area contributed by atoms with E-state index >= 15 is 0 Å². The quantitative estimate of drug-likeness (QED) is 0.756. The van der Waals surface area contributed by atoms with Crippen LogP contribution in [-0.4, -0.2) is 25.5 Å². The van der Waals surface area contributed by atoms with Crippen molar-refractivity contribution in [2.75, 3.05) is 5.32 Å². The van der Waals surface area contributed by atoms with Crippen LogP contribution >= 0.6 is 0 Å². The molecule has 2 aromatic heterocycles. The lowest BCUT2D eigenvalue weighted by molar-refractivity contribution is -0.141. The van der Waals surface area contributed by atoms with E-state index in [1.165, 1.54) is 7.05 Å². The fraction of sp³-hybridized carbons (Fsp3) is 0.278. The molecule has 3 aromatic rings. The molecule has 2 heterocycles. The van der Waals surface area contributed by atoms with Crippen LogP contribution in [0, 0.1) is 13.8 Å². The van der Waals surface area contributed by atoms with Crippen LogP contribution in [0.1, 0.15) is 33.1 Å². The summed E-state index contributed by atoms with van der Waals surface area (Å²) in [6, 6.07) is 9.78. The molecule has 27 heavy (non-hydrogen) atoms. The molecule has 9 heteroatoms. The number of amides is 1. The first kappa shape index (κ1) is 18.7. The van der Waals surface area contributed by atoms with E-state index < -0.39 is 17.8 Å². The molecule has 0 saturated heterocycles. The van der Waals surface area contributed by atoms with Crippen LogP contribution in [0.3, 0.4) is 0 Å². The Bertz CT molecular complexity index is 987. The van der Waals surface area contributed by atoms with Crippen molar-refractivity contribution in [1.82, 2.24) is 19.6 Å². The largest absolute Gasteiger partial charge is 0.435 e. The number of aromatic nitrogens is 4. The predicted molar refractivity (Wildman–Crippen MR) is 93.4 cm³/mol. The normalized spacial score (nSPS) is 11.6. The van der Waals surface area contributed by atoms with Gasteiger partial charge < -0.3 is 5.32 Å². The molecule has 142 valence electrons. The summed E-state index contributed by atoms with van der Waals surface area (Å²) in [7, 11) is 1.30. The molecule has 1 aromatic carbocycles. The molecule has 0 radical (unpaired) electrons. The van der Waals surface area contributed by atoms with E-state index in [9.17, 15) is 18.0 Å². The van der Waals surface area contributed by atoms with Gasteiger partial charge in [0, 0.05) is 24.5 Å². The highest BCUT2D eigenvalue weighted by molar-refractivity contribution is 6.03. The van der Waals surface area contributed by atoms with Crippen LogP contribution in [-0.2, 0) is 19.8 Å². The van der Waals surface area contributed by atoms with Gasteiger partial charge in [0.15, 0.2) is 5.69 Å². The minimum absolute atomic E-state index is 0.175. The minimum atomic E-state index is -4.60. The number of rotatable bonds is 4. The average molecular weight is 377 g/mol. The number of aryl methyl sites for hydroxylation is 3. The highest BCUT2D eigenvalue weighted by atomic mass is 19.4. The van der Waals surface area contributed by atoms with Gasteiger partial charge in [-0.2, -0.15) is 23.4 Å². The van der Waals surface area contributed by atoms with Gasteiger partial charge in [-0.3, -0.25) is 14.2 Å². The highest BCUT2D eigenvalue weighted by Gasteiger charge is 2.35. The number of hydrogen-bond donors (Lipinski definition) is 1. The third kappa shape index (κ3) is 4.18. The summed E-state index contributed by atoms with van der Waals surface area (Å²) < 4.78 is 41.0. The number of hydrogen-bond acceptors (Lipinski definition) is 3. The van der Waals surface area contributed by atoms with Gasteiger partial charge in [-0.15, -0.1) is 0 Å². The monoisotopic (exact) mass is 377 g/mol. The Morgan fingerprint density at radius 2 is 1.89 bits per heavy atom. The van der Waals surface area contributed by atoms with Gasteiger partial charge in [-0.05, 0) is 37.6 Å². The van der Waals surface area contributed by atoms with Crippen LogP contribution in [0.5, 0.6) is 0 Å². The summed E-state index contributed by atoms with van der Waals surface area (Å²) in [4.78, 5) is 12.3. The maximum Gasteiger partial charge on any atom is 0.435 e. The Balaban J connectivity index is 1.77. The second kappa shape index (κ2) is 6.90. The zero-order valence-corrected chi connectivity index (χ0v) is 15.0. The van der Waals surface area contributed by atoms with Gasteiger partial charge in [0.05, 0.1) is 12.2 Å². The number of carbonyl (C=O) groups excluding carboxylic acids is 1. The Morgan fingerprint density at radius 1 is 1.15 bits per heavy atom. The molecular formula is C18H18F3N5O. The van der Waals surface area contributed by atoms with Gasteiger partial charge in [0.25, 0.3) is 5.91 Å². The molecule has 0 aliphatic heterocycles. The molecule has 0 saturated carbocycles. The van der Waals surface area contributed by atoms with Crippen molar-refractivity contribution < 1.29 is 18.0 Å². The van der Waals surface area contributed by atoms with E-state index in [-0.39, 0.29) is 5.69 Å². The number of nitrogens with one attached hydrogen (secondary N) is 1. The van der Waals surface area contributed by atoms with Crippen molar-refractivity contribution in [3.05, 3.63) is 64.7 Å². The van der Waals surface area contributed by atoms with Gasteiger partial charge in [0.1, 0.15) is 5.69 Å². The molecule has 0 atom stereocenters. The molecule has 0 aliphatic carbocycles. The SMILES string of the molecule is Cc1cc(C)n(Cc2cccc(NC(=O)c3cc(C(F)(F)F)nn3C)c2)n1. The summed E-state index contributed by atoms with van der Waals surface area (Å²) >= 11 is 0. The first-order chi connectivity index (χ1) is 12.6. The van der Waals surface area contributed by atoms with E-state index in [0.29, 0.717) is 12.2 Å². The maximum absolute atomic E-state index is 12.7. The van der Waals surface area contributed by atoms with E-state index in [1.54, 1.807) is 18.2 Å². The fourth-order valence-corrected chi connectivity index (χ4v) is 2.77. The second-order valence-electron chi connectivity index (χ2n) is 6.28. The highest BCUT2D eigenvalue weighted by Crippen LogP contribution is 2.28. The summed E-state index contributed by atoms with van der Waals surface area (Å²) in [5, 5.41) is 10.4. The Labute approximate surface area is 153 Å². The van der Waals surface area contributed by atoms with Crippen LogP contribution in [0.2, 0.25) is 0 Å². The Kier molecular flexibility index (Phi) is 4.77. The first-order valence-electron chi connectivity index (χ1n) is 8.16. The molecule has 6 nitrogen and oxygen atoms in total. The molecule has 0 spiro atoms. The van der Waals surface area contributed by atoms with Gasteiger partial charge >= 0.3 is 6.18 Å². The number of benzene rings is 1. The second-order valence-corrected chi connectivity index (χ2v) is 6.28. The fourth-order valence-electron chi connectivity index (χ4n) is 2.77. The molecule has 0 bridgehead atoms. The Morgan fingerprint density at radius 3 is 2.48 bits per heavy atom. The lowest BCUT2D eigenvalue weighted by Crippen LogP contribution is -2.16. The molecule has 1 amide bonds. The van der Waals surface area contributed by atoms with Crippen molar-refractivity contribution in [3.63, 3.8) is 0 Å². The summed E-state index contributed by atoms with van der Waals surface area (Å²) in [6.07, 6.45) is -4.60. The van der Waals surface area contributed by atoms with Gasteiger partial charge in [-0.25, -0.2) is 0 Å². The number of alkyl halides is 3. The van der Waals surface area contributed by atoms with Gasteiger partial charge in [0.2, 0.25) is 0 Å². The van der Waals surface area contributed by atoms with Crippen LogP contribution < -0.4 is 5.32 Å². The van der Waals surface area contributed by atoms with Crippen LogP contribution in [0.4, 0.5) is 18.9 Å². The summed E-state index contributed by atoms with van der Waals surface area (Å²) in [5.41, 5.74) is 2.03. The van der Waals surface area contributed by atoms with Crippen molar-refractivity contribution in [3.8, 4) is 0 Å². The standard InChI is InChI=1S/C18H18F3N5O/c1-11-7-12(2)26(23-11)10-13-5-4-6-14(8-13)22-17(27)15-9-16(18(19,20)21)24-25(15)3/h4-9H,10H2,1-3H3,(H,22,27). The minimum Gasteiger partial charge on any atom is -0.321 e. The molecule has 0 fully saturated rings. The van der Waals surface area contributed by atoms with E-state index in [2.05, 4.69) is 15.5 Å². The zero-order valence-electron chi connectivity index (χ0n) is 15.0.